The fourth-order valence-electron chi connectivity index (χ4n) is 1.89. The minimum absolute atomic E-state index is 0.171. The summed E-state index contributed by atoms with van der Waals surface area (Å²) in [5.74, 6) is 4.13. The molecular weight excluding hydrogens is 256 g/mol. The number of carbonyl (C=O) groups excluding carboxylic acids is 2. The van der Waals surface area contributed by atoms with Gasteiger partial charge < -0.3 is 4.74 Å². The number of rotatable bonds is 5. The van der Waals surface area contributed by atoms with Gasteiger partial charge in [-0.2, -0.15) is 0 Å². The van der Waals surface area contributed by atoms with Crippen LogP contribution in [0.5, 0.6) is 0 Å². The number of esters is 1. The van der Waals surface area contributed by atoms with Crippen molar-refractivity contribution >= 4 is 11.9 Å². The van der Waals surface area contributed by atoms with Gasteiger partial charge in [0.05, 0.1) is 5.92 Å². The SMILES string of the molecule is CC(C)(C)OC(=O)CCC(C(=O)NN)c1ccccc1. The molecule has 0 aliphatic heterocycles. The second kappa shape index (κ2) is 7.05. The summed E-state index contributed by atoms with van der Waals surface area (Å²) in [6.07, 6.45) is 0.534. The van der Waals surface area contributed by atoms with Crippen molar-refractivity contribution in [2.75, 3.05) is 0 Å². The summed E-state index contributed by atoms with van der Waals surface area (Å²) in [5.41, 5.74) is 2.46. The molecule has 0 saturated carbocycles. The molecule has 5 heteroatoms. The normalized spacial score (nSPS) is 12.6. The van der Waals surface area contributed by atoms with Crippen molar-refractivity contribution in [3.63, 3.8) is 0 Å². The van der Waals surface area contributed by atoms with Gasteiger partial charge >= 0.3 is 5.97 Å². The van der Waals surface area contributed by atoms with E-state index in [9.17, 15) is 9.59 Å². The van der Waals surface area contributed by atoms with E-state index in [0.29, 0.717) is 6.42 Å². The van der Waals surface area contributed by atoms with Crippen molar-refractivity contribution in [1.29, 1.82) is 0 Å². The molecule has 1 unspecified atom stereocenters. The Morgan fingerprint density at radius 3 is 2.35 bits per heavy atom. The van der Waals surface area contributed by atoms with Crippen LogP contribution in [0.4, 0.5) is 0 Å². The quantitative estimate of drug-likeness (QED) is 0.373. The number of nitrogens with one attached hydrogen (secondary N) is 1. The summed E-state index contributed by atoms with van der Waals surface area (Å²) in [6, 6.07) is 9.25. The molecule has 0 bridgehead atoms. The monoisotopic (exact) mass is 278 g/mol. The van der Waals surface area contributed by atoms with Crippen molar-refractivity contribution in [2.45, 2.75) is 45.1 Å². The topological polar surface area (TPSA) is 81.4 Å². The van der Waals surface area contributed by atoms with Gasteiger partial charge in [-0.15, -0.1) is 0 Å². The van der Waals surface area contributed by atoms with E-state index < -0.39 is 11.5 Å². The second-order valence-corrected chi connectivity index (χ2v) is 5.60. The van der Waals surface area contributed by atoms with Gasteiger partial charge in [-0.3, -0.25) is 15.0 Å². The first kappa shape index (κ1) is 16.2. The molecule has 0 aliphatic carbocycles. The van der Waals surface area contributed by atoms with Crippen molar-refractivity contribution in [1.82, 2.24) is 5.43 Å². The summed E-state index contributed by atoms with van der Waals surface area (Å²) >= 11 is 0. The van der Waals surface area contributed by atoms with Crippen LogP contribution in [0.3, 0.4) is 0 Å². The number of hydrogen-bond acceptors (Lipinski definition) is 4. The van der Waals surface area contributed by atoms with Crippen molar-refractivity contribution in [3.8, 4) is 0 Å². The predicted octanol–water partition coefficient (Wildman–Crippen LogP) is 1.88. The van der Waals surface area contributed by atoms with E-state index in [4.69, 9.17) is 10.6 Å². The molecule has 1 atom stereocenters. The molecular formula is C15H22N2O3. The largest absolute Gasteiger partial charge is 0.460 e. The van der Waals surface area contributed by atoms with Gasteiger partial charge in [-0.25, -0.2) is 5.84 Å². The number of ether oxygens (including phenoxy) is 1. The van der Waals surface area contributed by atoms with Crippen LogP contribution in [0.25, 0.3) is 0 Å². The lowest BCUT2D eigenvalue weighted by Crippen LogP contribution is -2.35. The van der Waals surface area contributed by atoms with E-state index in [1.165, 1.54) is 0 Å². The molecule has 1 aromatic carbocycles. The van der Waals surface area contributed by atoms with Gasteiger partial charge in [-0.1, -0.05) is 30.3 Å². The van der Waals surface area contributed by atoms with Gasteiger partial charge in [0.15, 0.2) is 0 Å². The molecule has 1 aromatic rings. The second-order valence-electron chi connectivity index (χ2n) is 5.60. The third-order valence-electron chi connectivity index (χ3n) is 2.72. The summed E-state index contributed by atoms with van der Waals surface area (Å²) < 4.78 is 5.24. The first-order chi connectivity index (χ1) is 9.33. The Balaban J connectivity index is 2.68. The lowest BCUT2D eigenvalue weighted by atomic mass is 9.93. The van der Waals surface area contributed by atoms with E-state index >= 15 is 0 Å². The highest BCUT2D eigenvalue weighted by Gasteiger charge is 2.23. The first-order valence-corrected chi connectivity index (χ1v) is 6.61. The minimum Gasteiger partial charge on any atom is -0.460 e. The Morgan fingerprint density at radius 1 is 1.25 bits per heavy atom. The molecule has 3 N–H and O–H groups in total. The van der Waals surface area contributed by atoms with Crippen LogP contribution in [-0.2, 0) is 14.3 Å². The molecule has 0 heterocycles. The molecule has 1 rings (SSSR count). The Hall–Kier alpha value is -1.88. The zero-order chi connectivity index (χ0) is 15.2. The lowest BCUT2D eigenvalue weighted by molar-refractivity contribution is -0.155. The molecule has 5 nitrogen and oxygen atoms in total. The smallest absolute Gasteiger partial charge is 0.306 e. The van der Waals surface area contributed by atoms with Gasteiger partial charge in [0.25, 0.3) is 0 Å². The maximum absolute atomic E-state index is 11.8. The highest BCUT2D eigenvalue weighted by molar-refractivity contribution is 5.83. The Kier molecular flexibility index (Phi) is 5.70. The number of nitrogens with two attached hydrogens (primary N) is 1. The molecule has 0 spiro atoms. The average molecular weight is 278 g/mol. The van der Waals surface area contributed by atoms with Crippen molar-refractivity contribution in [2.24, 2.45) is 5.84 Å². The standard InChI is InChI=1S/C15H22N2O3/c1-15(2,3)20-13(18)10-9-12(14(19)17-16)11-7-5-4-6-8-11/h4-8,12H,9-10,16H2,1-3H3,(H,17,19). The Labute approximate surface area is 119 Å². The van der Waals surface area contributed by atoms with Crippen LogP contribution >= 0.6 is 0 Å². The van der Waals surface area contributed by atoms with Crippen LogP contribution in [0.15, 0.2) is 30.3 Å². The highest BCUT2D eigenvalue weighted by atomic mass is 16.6. The van der Waals surface area contributed by atoms with Gasteiger partial charge in [0.1, 0.15) is 5.60 Å². The molecule has 20 heavy (non-hydrogen) atoms. The number of hydrogen-bond donors (Lipinski definition) is 2. The van der Waals surface area contributed by atoms with E-state index in [2.05, 4.69) is 5.43 Å². The molecule has 0 aromatic heterocycles. The van der Waals surface area contributed by atoms with Crippen LogP contribution in [0, 0.1) is 0 Å². The summed E-state index contributed by atoms with van der Waals surface area (Å²) in [7, 11) is 0. The van der Waals surface area contributed by atoms with E-state index in [0.717, 1.165) is 5.56 Å². The minimum atomic E-state index is -0.518. The van der Waals surface area contributed by atoms with Gasteiger partial charge in [0, 0.05) is 6.42 Å². The molecule has 1 amide bonds. The van der Waals surface area contributed by atoms with Crippen LogP contribution in [-0.4, -0.2) is 17.5 Å². The lowest BCUT2D eigenvalue weighted by Gasteiger charge is -2.20. The summed E-state index contributed by atoms with van der Waals surface area (Å²) in [4.78, 5) is 23.5. The number of hydrazine groups is 1. The zero-order valence-corrected chi connectivity index (χ0v) is 12.2. The summed E-state index contributed by atoms with van der Waals surface area (Å²) in [5, 5.41) is 0. The third-order valence-corrected chi connectivity index (χ3v) is 2.72. The van der Waals surface area contributed by atoms with E-state index in [1.54, 1.807) is 0 Å². The van der Waals surface area contributed by atoms with Crippen LogP contribution in [0.1, 0.15) is 45.1 Å². The molecule has 0 radical (unpaired) electrons. The number of amides is 1. The Bertz CT molecular complexity index is 452. The van der Waals surface area contributed by atoms with Crippen LogP contribution < -0.4 is 11.3 Å². The van der Waals surface area contributed by atoms with Crippen molar-refractivity contribution in [3.05, 3.63) is 35.9 Å². The predicted molar refractivity (Wildman–Crippen MR) is 76.6 cm³/mol. The highest BCUT2D eigenvalue weighted by Crippen LogP contribution is 2.22. The maximum Gasteiger partial charge on any atom is 0.306 e. The van der Waals surface area contributed by atoms with Gasteiger partial charge in [0.2, 0.25) is 5.91 Å². The maximum atomic E-state index is 11.8. The van der Waals surface area contributed by atoms with E-state index in [1.807, 2.05) is 51.1 Å². The average Bonchev–Trinajstić information content (AvgIpc) is 2.37. The third kappa shape index (κ3) is 5.40. The Morgan fingerprint density at radius 2 is 1.85 bits per heavy atom. The zero-order valence-electron chi connectivity index (χ0n) is 12.2. The molecule has 0 saturated heterocycles. The first-order valence-electron chi connectivity index (χ1n) is 6.61. The number of carbonyl (C=O) groups is 2. The van der Waals surface area contributed by atoms with Crippen LogP contribution in [0.2, 0.25) is 0 Å². The fraction of sp³-hybridized carbons (Fsp3) is 0.467. The molecule has 0 fully saturated rings. The number of benzene rings is 1. The van der Waals surface area contributed by atoms with Crippen molar-refractivity contribution < 1.29 is 14.3 Å². The van der Waals surface area contributed by atoms with Gasteiger partial charge in [-0.05, 0) is 32.8 Å². The van der Waals surface area contributed by atoms with E-state index in [-0.39, 0.29) is 18.3 Å². The fourth-order valence-corrected chi connectivity index (χ4v) is 1.89. The molecule has 0 aliphatic rings. The summed E-state index contributed by atoms with van der Waals surface area (Å²) in [6.45, 7) is 5.44. The molecule has 110 valence electrons.